The van der Waals surface area contributed by atoms with Gasteiger partial charge in [-0.2, -0.15) is 0 Å². The fourth-order valence-corrected chi connectivity index (χ4v) is 5.73. The topological polar surface area (TPSA) is 117 Å². The van der Waals surface area contributed by atoms with Crippen molar-refractivity contribution in [3.63, 3.8) is 0 Å². The zero-order valence-electron chi connectivity index (χ0n) is 18.2. The predicted molar refractivity (Wildman–Crippen MR) is 127 cm³/mol. The zero-order valence-corrected chi connectivity index (χ0v) is 21.2. The largest absolute Gasteiger partial charge is 0.489 e. The third kappa shape index (κ3) is 5.98. The Morgan fingerprint density at radius 2 is 2.00 bits per heavy atom. The molecule has 0 heterocycles. The molecule has 0 saturated heterocycles. The van der Waals surface area contributed by atoms with Crippen LogP contribution in [0.25, 0.3) is 0 Å². The number of allylic oxidation sites excluding steroid dienone is 2. The molecule has 2 aliphatic carbocycles. The van der Waals surface area contributed by atoms with E-state index in [0.29, 0.717) is 3.57 Å². The van der Waals surface area contributed by atoms with E-state index in [-0.39, 0.29) is 43.9 Å². The van der Waals surface area contributed by atoms with Gasteiger partial charge in [-0.1, -0.05) is 0 Å². The van der Waals surface area contributed by atoms with Gasteiger partial charge in [0.1, 0.15) is 23.9 Å². The van der Waals surface area contributed by atoms with E-state index in [2.05, 4.69) is 10.0 Å². The van der Waals surface area contributed by atoms with Crippen LogP contribution in [0.1, 0.15) is 19.3 Å². The smallest absolute Gasteiger partial charge is 0.238 e. The number of alkyl halides is 2. The van der Waals surface area contributed by atoms with Crippen molar-refractivity contribution in [1.82, 2.24) is 4.72 Å². The second-order valence-corrected chi connectivity index (χ2v) is 11.4. The molecule has 2 aliphatic rings. The van der Waals surface area contributed by atoms with Crippen LogP contribution < -0.4 is 10.0 Å². The van der Waals surface area contributed by atoms with Crippen molar-refractivity contribution >= 4 is 38.3 Å². The molecule has 0 bridgehead atoms. The van der Waals surface area contributed by atoms with Crippen LogP contribution in [0.3, 0.4) is 0 Å². The summed E-state index contributed by atoms with van der Waals surface area (Å²) in [6.07, 6.45) is -4.83. The minimum Gasteiger partial charge on any atom is -0.489 e. The van der Waals surface area contributed by atoms with Crippen molar-refractivity contribution in [2.45, 2.75) is 42.5 Å². The van der Waals surface area contributed by atoms with Gasteiger partial charge in [0.25, 0.3) is 0 Å². The lowest BCUT2D eigenvalue weighted by Crippen LogP contribution is -2.42. The molecule has 0 amide bonds. The number of aliphatic hydroxyl groups is 2. The van der Waals surface area contributed by atoms with Gasteiger partial charge in [0.2, 0.25) is 10.0 Å². The zero-order chi connectivity index (χ0) is 25.1. The number of aliphatic hydroxyl groups excluding tert-OH is 2. The lowest BCUT2D eigenvalue weighted by atomic mass is 10.0. The molecule has 0 aromatic heterocycles. The number of nitrogens with one attached hydrogen (secondary N) is 2. The number of methoxy groups -OCH3 is 1. The van der Waals surface area contributed by atoms with Gasteiger partial charge in [-0.05, 0) is 66.1 Å². The van der Waals surface area contributed by atoms with Crippen LogP contribution >= 0.6 is 22.6 Å². The van der Waals surface area contributed by atoms with E-state index in [1.54, 1.807) is 6.07 Å². The Morgan fingerprint density at radius 1 is 1.29 bits per heavy atom. The fraction of sp³-hybridized carbons (Fsp3) is 0.524. The average Bonchev–Trinajstić information content (AvgIpc) is 3.56. The summed E-state index contributed by atoms with van der Waals surface area (Å²) in [5.41, 5.74) is -1.14. The maximum absolute atomic E-state index is 15.1. The molecule has 1 saturated carbocycles. The van der Waals surface area contributed by atoms with Crippen molar-refractivity contribution < 1.29 is 41.3 Å². The normalized spacial score (nSPS) is 22.7. The van der Waals surface area contributed by atoms with Crippen molar-refractivity contribution in [1.29, 1.82) is 0 Å². The quantitative estimate of drug-likeness (QED) is 0.210. The first-order valence-corrected chi connectivity index (χ1v) is 13.0. The van der Waals surface area contributed by atoms with Crippen LogP contribution in [0.5, 0.6) is 0 Å². The standard InChI is InChI=1S/C21H26F3IN2O6S/c1-32-6-7-33-17-9-15(23)18(24)20(26-16-3-2-12(25)8-14(16)22)19(17)27-34(30,31)21(4-5-21)10-13(29)11-28/h2-3,8-9,13,15,18,26-29H,4-7,10-11H2,1H3. The third-order valence-electron chi connectivity index (χ3n) is 5.56. The van der Waals surface area contributed by atoms with Crippen LogP contribution in [-0.4, -0.2) is 68.8 Å². The number of hydrogen-bond donors (Lipinski definition) is 4. The molecule has 190 valence electrons. The van der Waals surface area contributed by atoms with Crippen LogP contribution in [-0.2, 0) is 19.5 Å². The summed E-state index contributed by atoms with van der Waals surface area (Å²) in [4.78, 5) is 0. The number of rotatable bonds is 12. The molecule has 1 aromatic carbocycles. The van der Waals surface area contributed by atoms with Crippen LogP contribution in [0, 0.1) is 9.39 Å². The Hall–Kier alpha value is -1.55. The number of ether oxygens (including phenoxy) is 2. The summed E-state index contributed by atoms with van der Waals surface area (Å²) in [5.74, 6) is -1.03. The van der Waals surface area contributed by atoms with Crippen LogP contribution in [0.15, 0.2) is 41.4 Å². The molecule has 0 radical (unpaired) electrons. The van der Waals surface area contributed by atoms with E-state index in [1.807, 2.05) is 22.6 Å². The Morgan fingerprint density at radius 3 is 2.59 bits per heavy atom. The monoisotopic (exact) mass is 618 g/mol. The summed E-state index contributed by atoms with van der Waals surface area (Å²) in [5, 5.41) is 21.4. The van der Waals surface area contributed by atoms with E-state index < -0.39 is 57.0 Å². The van der Waals surface area contributed by atoms with E-state index in [9.17, 15) is 22.3 Å². The van der Waals surface area contributed by atoms with Gasteiger partial charge in [0, 0.05) is 10.7 Å². The molecule has 34 heavy (non-hydrogen) atoms. The van der Waals surface area contributed by atoms with Crippen molar-refractivity contribution in [3.8, 4) is 0 Å². The second kappa shape index (κ2) is 11.0. The number of halogens is 4. The molecule has 8 nitrogen and oxygen atoms in total. The molecule has 1 aromatic rings. The second-order valence-electron chi connectivity index (χ2n) is 8.09. The number of benzene rings is 1. The molecule has 13 heteroatoms. The Kier molecular flexibility index (Phi) is 8.76. The third-order valence-corrected chi connectivity index (χ3v) is 8.42. The lowest BCUT2D eigenvalue weighted by molar-refractivity contribution is 0.0856. The maximum Gasteiger partial charge on any atom is 0.238 e. The molecule has 0 spiro atoms. The van der Waals surface area contributed by atoms with Gasteiger partial charge in [0.05, 0.1) is 35.4 Å². The highest BCUT2D eigenvalue weighted by molar-refractivity contribution is 14.1. The first-order valence-electron chi connectivity index (χ1n) is 10.4. The molecule has 3 unspecified atom stereocenters. The molecule has 3 atom stereocenters. The van der Waals surface area contributed by atoms with E-state index in [4.69, 9.17) is 14.6 Å². The minimum atomic E-state index is -4.26. The SMILES string of the molecule is COCCOC1=CC(F)C(F)C(Nc2ccc(I)cc2F)=C1NS(=O)(=O)C1(CC(O)CO)CC1. The number of sulfonamides is 1. The Labute approximate surface area is 209 Å². The van der Waals surface area contributed by atoms with Crippen molar-refractivity contribution in [2.75, 3.05) is 32.2 Å². The van der Waals surface area contributed by atoms with Gasteiger partial charge in [-0.15, -0.1) is 0 Å². The van der Waals surface area contributed by atoms with Gasteiger partial charge in [-0.3, -0.25) is 4.72 Å². The van der Waals surface area contributed by atoms with Crippen molar-refractivity contribution in [2.24, 2.45) is 0 Å². The summed E-state index contributed by atoms with van der Waals surface area (Å²) in [7, 11) is -2.85. The Bertz CT molecular complexity index is 1060. The highest BCUT2D eigenvalue weighted by atomic mass is 127. The summed E-state index contributed by atoms with van der Waals surface area (Å²) in [6.45, 7) is -0.620. The van der Waals surface area contributed by atoms with Crippen molar-refractivity contribution in [3.05, 3.63) is 50.8 Å². The first-order chi connectivity index (χ1) is 16.0. The van der Waals surface area contributed by atoms with Gasteiger partial charge in [-0.25, -0.2) is 21.6 Å². The minimum absolute atomic E-state index is 0.0865. The predicted octanol–water partition coefficient (Wildman–Crippen LogP) is 2.49. The number of anilines is 1. The Balaban J connectivity index is 2.02. The molecule has 1 fully saturated rings. The number of hydrogen-bond acceptors (Lipinski definition) is 7. The molecular weight excluding hydrogens is 592 g/mol. The molecule has 0 aliphatic heterocycles. The average molecular weight is 618 g/mol. The summed E-state index contributed by atoms with van der Waals surface area (Å²) in [6, 6.07) is 4.04. The lowest BCUT2D eigenvalue weighted by Gasteiger charge is -2.29. The highest BCUT2D eigenvalue weighted by Crippen LogP contribution is 2.47. The maximum atomic E-state index is 15.1. The van der Waals surface area contributed by atoms with E-state index in [1.165, 1.54) is 19.2 Å². The van der Waals surface area contributed by atoms with E-state index >= 15 is 4.39 Å². The van der Waals surface area contributed by atoms with Crippen LogP contribution in [0.2, 0.25) is 0 Å². The first kappa shape index (κ1) is 27.0. The summed E-state index contributed by atoms with van der Waals surface area (Å²) < 4.78 is 82.4. The molecule has 3 rings (SSSR count). The fourth-order valence-electron chi connectivity index (χ4n) is 3.53. The van der Waals surface area contributed by atoms with Crippen LogP contribution in [0.4, 0.5) is 18.9 Å². The van der Waals surface area contributed by atoms with E-state index in [0.717, 1.165) is 6.08 Å². The molecular formula is C21H26F3IN2O6S. The van der Waals surface area contributed by atoms with Gasteiger partial charge in [0.15, 0.2) is 12.3 Å². The van der Waals surface area contributed by atoms with Gasteiger partial charge < -0.3 is 25.0 Å². The van der Waals surface area contributed by atoms with Gasteiger partial charge >= 0.3 is 0 Å². The highest BCUT2D eigenvalue weighted by Gasteiger charge is 2.56. The summed E-state index contributed by atoms with van der Waals surface area (Å²) >= 11 is 1.89. The molecule has 4 N–H and O–H groups in total.